The number of hydrogen-bond donors (Lipinski definition) is 2. The van der Waals surface area contributed by atoms with Crippen molar-refractivity contribution >= 4 is 23.5 Å². The van der Waals surface area contributed by atoms with Gasteiger partial charge < -0.3 is 20.3 Å². The maximum atomic E-state index is 12.5. The molecular formula is C23H35N5O2S. The van der Waals surface area contributed by atoms with E-state index in [1.165, 1.54) is 32.4 Å². The summed E-state index contributed by atoms with van der Waals surface area (Å²) in [5.41, 5.74) is 0. The number of benzene rings is 1. The lowest BCUT2D eigenvalue weighted by Gasteiger charge is -2.27. The van der Waals surface area contributed by atoms with Gasteiger partial charge in [-0.15, -0.1) is 0 Å². The molecule has 1 atom stereocenters. The molecule has 170 valence electrons. The number of hydrogen-bond acceptors (Lipinski definition) is 6. The van der Waals surface area contributed by atoms with Gasteiger partial charge in [0, 0.05) is 25.1 Å². The Balaban J connectivity index is 1.73. The second-order valence-corrected chi connectivity index (χ2v) is 8.63. The quantitative estimate of drug-likeness (QED) is 0.159. The second-order valence-electron chi connectivity index (χ2n) is 7.52. The van der Waals surface area contributed by atoms with Crippen LogP contribution in [-0.4, -0.2) is 60.6 Å². The lowest BCUT2D eigenvalue weighted by atomic mass is 10.1. The number of piperidine rings is 1. The van der Waals surface area contributed by atoms with Gasteiger partial charge in [0.05, 0.1) is 5.75 Å². The number of nitrogens with zero attached hydrogens (tertiary/aromatic N) is 3. The van der Waals surface area contributed by atoms with Crippen molar-refractivity contribution in [2.24, 2.45) is 4.99 Å². The number of ether oxygens (including phenoxy) is 1. The van der Waals surface area contributed by atoms with Crippen LogP contribution < -0.4 is 15.4 Å². The third-order valence-electron chi connectivity index (χ3n) is 5.06. The predicted octanol–water partition coefficient (Wildman–Crippen LogP) is 3.39. The smallest absolute Gasteiger partial charge is 0.232 e. The lowest BCUT2D eigenvalue weighted by Crippen LogP contribution is -2.41. The molecule has 1 amide bonds. The van der Waals surface area contributed by atoms with E-state index in [1.54, 1.807) is 18.0 Å². The normalized spacial score (nSPS) is 15.7. The van der Waals surface area contributed by atoms with Gasteiger partial charge >= 0.3 is 0 Å². The molecule has 0 aliphatic carbocycles. The van der Waals surface area contributed by atoms with E-state index in [9.17, 15) is 4.79 Å². The van der Waals surface area contributed by atoms with Crippen LogP contribution in [0.5, 0.6) is 5.75 Å². The Morgan fingerprint density at radius 3 is 2.77 bits per heavy atom. The highest BCUT2D eigenvalue weighted by atomic mass is 32.2. The Labute approximate surface area is 190 Å². The Morgan fingerprint density at radius 1 is 1.29 bits per heavy atom. The van der Waals surface area contributed by atoms with Gasteiger partial charge in [-0.25, -0.2) is 0 Å². The van der Waals surface area contributed by atoms with E-state index in [2.05, 4.69) is 20.5 Å². The Morgan fingerprint density at radius 2 is 2.06 bits per heavy atom. The Hall–Kier alpha value is -2.24. The molecule has 1 aromatic rings. The lowest BCUT2D eigenvalue weighted by molar-refractivity contribution is -0.121. The fourth-order valence-corrected chi connectivity index (χ4v) is 4.12. The average molecular weight is 446 g/mol. The van der Waals surface area contributed by atoms with Crippen molar-refractivity contribution in [1.29, 1.82) is 5.26 Å². The molecule has 8 heteroatoms. The van der Waals surface area contributed by atoms with Gasteiger partial charge in [-0.2, -0.15) is 22.0 Å². The molecule has 1 fully saturated rings. The van der Waals surface area contributed by atoms with Crippen molar-refractivity contribution in [3.63, 3.8) is 0 Å². The molecule has 1 saturated heterocycles. The summed E-state index contributed by atoms with van der Waals surface area (Å²) in [7, 11) is 0. The van der Waals surface area contributed by atoms with Gasteiger partial charge in [0.2, 0.25) is 12.1 Å². The molecule has 1 aromatic carbocycles. The highest BCUT2D eigenvalue weighted by Crippen LogP contribution is 2.14. The van der Waals surface area contributed by atoms with Crippen molar-refractivity contribution in [1.82, 2.24) is 15.5 Å². The number of amides is 1. The van der Waals surface area contributed by atoms with Crippen molar-refractivity contribution < 1.29 is 9.53 Å². The van der Waals surface area contributed by atoms with E-state index in [1.807, 2.05) is 37.3 Å². The van der Waals surface area contributed by atoms with Crippen molar-refractivity contribution in [2.45, 2.75) is 51.7 Å². The first kappa shape index (κ1) is 25.0. The summed E-state index contributed by atoms with van der Waals surface area (Å²) in [5.74, 6) is 2.56. The van der Waals surface area contributed by atoms with Gasteiger partial charge in [-0.3, -0.25) is 4.79 Å². The summed E-state index contributed by atoms with van der Waals surface area (Å²) in [4.78, 5) is 18.7. The molecule has 0 bridgehead atoms. The van der Waals surface area contributed by atoms with Crippen LogP contribution in [0.3, 0.4) is 0 Å². The number of aliphatic imine (C=N–C) groups is 1. The molecule has 0 radical (unpaired) electrons. The van der Waals surface area contributed by atoms with Crippen LogP contribution >= 0.6 is 11.8 Å². The number of nitriles is 1. The van der Waals surface area contributed by atoms with Crippen LogP contribution in [0.2, 0.25) is 0 Å². The van der Waals surface area contributed by atoms with Crippen molar-refractivity contribution in [2.75, 3.05) is 37.7 Å². The van der Waals surface area contributed by atoms with E-state index in [4.69, 9.17) is 10.00 Å². The number of likely N-dealkylation sites (tertiary alicyclic amines) is 1. The maximum absolute atomic E-state index is 12.5. The summed E-state index contributed by atoms with van der Waals surface area (Å²) in [6.07, 6.45) is 7.85. The fourth-order valence-electron chi connectivity index (χ4n) is 3.46. The zero-order chi connectivity index (χ0) is 22.2. The van der Waals surface area contributed by atoms with Crippen LogP contribution in [0.1, 0.15) is 45.4 Å². The van der Waals surface area contributed by atoms with Gasteiger partial charge in [0.15, 0.2) is 6.23 Å². The van der Waals surface area contributed by atoms with E-state index < -0.39 is 0 Å². The van der Waals surface area contributed by atoms with Crippen molar-refractivity contribution in [3.05, 3.63) is 30.3 Å². The molecule has 2 N–H and O–H groups in total. The zero-order valence-corrected chi connectivity index (χ0v) is 19.3. The molecule has 2 rings (SSSR count). The van der Waals surface area contributed by atoms with E-state index in [-0.39, 0.29) is 12.1 Å². The number of amidine groups is 1. The molecule has 0 aromatic heterocycles. The molecule has 7 nitrogen and oxygen atoms in total. The predicted molar refractivity (Wildman–Crippen MR) is 127 cm³/mol. The summed E-state index contributed by atoms with van der Waals surface area (Å²) in [6, 6.07) is 9.65. The first-order chi connectivity index (χ1) is 15.2. The van der Waals surface area contributed by atoms with E-state index >= 15 is 0 Å². The van der Waals surface area contributed by atoms with E-state index in [0.717, 1.165) is 30.9 Å². The number of thioether (sulfide) groups is 1. The van der Waals surface area contributed by atoms with Gasteiger partial charge in [0.25, 0.3) is 0 Å². The Kier molecular flexibility index (Phi) is 12.5. The van der Waals surface area contributed by atoms with Crippen LogP contribution in [0, 0.1) is 11.5 Å². The molecule has 0 saturated carbocycles. The molecule has 1 aliphatic rings. The van der Waals surface area contributed by atoms with Gasteiger partial charge in [-0.05, 0) is 51.0 Å². The van der Waals surface area contributed by atoms with Crippen LogP contribution in [0.25, 0.3) is 0 Å². The number of nitrogens with one attached hydrogen (secondary N) is 2. The minimum atomic E-state index is -0.326. The minimum Gasteiger partial charge on any atom is -0.471 e. The fraction of sp³-hybridized carbons (Fsp3) is 0.609. The van der Waals surface area contributed by atoms with Gasteiger partial charge in [-0.1, -0.05) is 31.5 Å². The number of carbonyl (C=O) groups is 1. The number of carbonyl (C=O) groups excluding carboxylic acids is 1. The highest BCUT2D eigenvalue weighted by Gasteiger charge is 2.16. The first-order valence-electron chi connectivity index (χ1n) is 11.2. The van der Waals surface area contributed by atoms with E-state index in [0.29, 0.717) is 24.6 Å². The van der Waals surface area contributed by atoms with Crippen LogP contribution in [-0.2, 0) is 4.79 Å². The maximum Gasteiger partial charge on any atom is 0.232 e. The molecular weight excluding hydrogens is 410 g/mol. The number of para-hydroxylation sites is 1. The topological polar surface area (TPSA) is 89.8 Å². The Bertz CT molecular complexity index is 702. The summed E-state index contributed by atoms with van der Waals surface area (Å²) >= 11 is 1.55. The zero-order valence-electron chi connectivity index (χ0n) is 18.5. The number of rotatable bonds is 13. The molecule has 0 spiro atoms. The molecule has 1 heterocycles. The molecule has 31 heavy (non-hydrogen) atoms. The third-order valence-corrected chi connectivity index (χ3v) is 6.02. The second kappa shape index (κ2) is 15.5. The van der Waals surface area contributed by atoms with Crippen molar-refractivity contribution in [3.8, 4) is 11.9 Å². The highest BCUT2D eigenvalue weighted by molar-refractivity contribution is 7.99. The van der Waals surface area contributed by atoms with Crippen LogP contribution in [0.15, 0.2) is 35.3 Å². The van der Waals surface area contributed by atoms with Crippen LogP contribution in [0.4, 0.5) is 0 Å². The first-order valence-corrected chi connectivity index (χ1v) is 12.4. The SMILES string of the molecule is CCC(=NC#N)NCCSCC(=O)NC(CCCN1CCCCC1)Oc1ccccc1. The van der Waals surface area contributed by atoms with Gasteiger partial charge in [0.1, 0.15) is 11.6 Å². The summed E-state index contributed by atoms with van der Waals surface area (Å²) in [6.45, 7) is 6.03. The third kappa shape index (κ3) is 11.1. The largest absolute Gasteiger partial charge is 0.471 e. The average Bonchev–Trinajstić information content (AvgIpc) is 2.79. The molecule has 1 aliphatic heterocycles. The summed E-state index contributed by atoms with van der Waals surface area (Å²) < 4.78 is 6.06. The standard InChI is InChI=1S/C23H35N5O2S/c1-2-21(26-19-24)25-13-17-31-18-22(29)27-23(30-20-10-5-3-6-11-20)12-9-16-28-14-7-4-8-15-28/h3,5-6,10-11,23H,2,4,7-9,12-18H2,1H3,(H,25,26)(H,27,29). The molecule has 1 unspecified atom stereocenters. The summed E-state index contributed by atoms with van der Waals surface area (Å²) in [5, 5.41) is 14.8. The monoisotopic (exact) mass is 445 g/mol. The minimum absolute atomic E-state index is 0.0229.